The van der Waals surface area contributed by atoms with Crippen molar-refractivity contribution in [2.75, 3.05) is 6.61 Å². The third-order valence-corrected chi connectivity index (χ3v) is 25.2. The highest BCUT2D eigenvalue weighted by Crippen LogP contribution is 2.65. The van der Waals surface area contributed by atoms with Gasteiger partial charge in [-0.25, -0.2) is 4.79 Å². The van der Waals surface area contributed by atoms with Crippen LogP contribution >= 0.6 is 0 Å². The molecular weight excluding hydrogens is 773 g/mol. The summed E-state index contributed by atoms with van der Waals surface area (Å²) < 4.78 is 41.6. The average molecular weight is 845 g/mol. The van der Waals surface area contributed by atoms with Gasteiger partial charge in [-0.2, -0.15) is 0 Å². The maximum Gasteiger partial charge on any atom is 0.338 e. The molecule has 1 heterocycles. The van der Waals surface area contributed by atoms with Crippen LogP contribution in [0.15, 0.2) is 41.5 Å². The molecule has 10 nitrogen and oxygen atoms in total. The lowest BCUT2D eigenvalue weighted by Crippen LogP contribution is -2.82. The standard InChI is InChI=1S/C44H72O10Si3/c1-15-56(16-2,17-3)53-33-26-34-43(28-49-34,51-30(8)45)37-39(50-40(47)31-24-22-21-23-25-31)44(48)27-32(52-55(12,13)14)29(7)35(41(44,9)10)36(38(46)42(33,37)11)54-57(18-4,19-5)20-6/h21-25,32-34,36-37,39,48H,15-20,26-28H2,1-14H3/t32-,33-,34+,36+,37?,39-,42+,43-,44+/m0/s1. The predicted molar refractivity (Wildman–Crippen MR) is 230 cm³/mol. The van der Waals surface area contributed by atoms with Gasteiger partial charge < -0.3 is 32.6 Å². The summed E-state index contributed by atoms with van der Waals surface area (Å²) in [5.41, 5.74) is -4.05. The predicted octanol–water partition coefficient (Wildman–Crippen LogP) is 9.00. The van der Waals surface area contributed by atoms with E-state index >= 15 is 4.79 Å². The number of aliphatic hydroxyl groups is 1. The Morgan fingerprint density at radius 2 is 1.40 bits per heavy atom. The zero-order valence-electron chi connectivity index (χ0n) is 37.3. The van der Waals surface area contributed by atoms with Crippen molar-refractivity contribution in [2.45, 2.75) is 187 Å². The zero-order chi connectivity index (χ0) is 42.6. The van der Waals surface area contributed by atoms with Crippen LogP contribution in [0.2, 0.25) is 55.9 Å². The van der Waals surface area contributed by atoms with Crippen molar-refractivity contribution in [1.29, 1.82) is 0 Å². The molecule has 0 amide bonds. The number of ether oxygens (including phenoxy) is 3. The van der Waals surface area contributed by atoms with E-state index in [4.69, 9.17) is 27.5 Å². The van der Waals surface area contributed by atoms with E-state index in [9.17, 15) is 14.7 Å². The summed E-state index contributed by atoms with van der Waals surface area (Å²) in [7, 11) is -7.27. The summed E-state index contributed by atoms with van der Waals surface area (Å²) in [6.07, 6.45) is -4.00. The fourth-order valence-electron chi connectivity index (χ4n) is 11.0. The average Bonchev–Trinajstić information content (AvgIpc) is 3.16. The largest absolute Gasteiger partial charge is 0.455 e. The number of fused-ring (bicyclic) bond motifs is 5. The first kappa shape index (κ1) is 46.1. The fourth-order valence-corrected chi connectivity index (χ4v) is 17.8. The Morgan fingerprint density at radius 3 is 1.88 bits per heavy atom. The molecule has 4 aliphatic rings. The van der Waals surface area contributed by atoms with Gasteiger partial charge in [0.15, 0.2) is 36.3 Å². The molecule has 0 radical (unpaired) electrons. The van der Waals surface area contributed by atoms with Gasteiger partial charge in [-0.15, -0.1) is 0 Å². The number of hydrogen-bond donors (Lipinski definition) is 1. The van der Waals surface area contributed by atoms with Crippen molar-refractivity contribution in [3.8, 4) is 0 Å². The zero-order valence-corrected chi connectivity index (χ0v) is 40.3. The molecule has 1 N–H and O–H groups in total. The topological polar surface area (TPSA) is 127 Å². The Balaban J connectivity index is 1.95. The van der Waals surface area contributed by atoms with Crippen LogP contribution in [0, 0.1) is 16.7 Å². The SMILES string of the molecule is CC[Si](CC)(CC)O[C@H]1C(=O)[C@@]2(C)C([C@H](OC(=O)c3ccccc3)[C@]3(O)C[C@H](O[Si](C)(C)C)C(C)=C1C3(C)C)[C@]1(OC(C)=O)CO[C@@H]1C[C@@H]2O[Si](CC)(CC)CC. The number of esters is 2. The number of carbonyl (C=O) groups excluding carboxylic acids is 3. The smallest absolute Gasteiger partial charge is 0.338 e. The van der Waals surface area contributed by atoms with Crippen LogP contribution in [-0.4, -0.2) is 96.1 Å². The Bertz CT molecular complexity index is 1670. The van der Waals surface area contributed by atoms with Gasteiger partial charge in [0, 0.05) is 25.2 Å². The third-order valence-electron chi connectivity index (χ3n) is 15.0. The van der Waals surface area contributed by atoms with Gasteiger partial charge in [0.25, 0.3) is 0 Å². The van der Waals surface area contributed by atoms with Gasteiger partial charge >= 0.3 is 11.9 Å². The summed E-state index contributed by atoms with van der Waals surface area (Å²) in [6, 6.07) is 13.6. The molecule has 9 atom stereocenters. The molecule has 1 aliphatic heterocycles. The van der Waals surface area contributed by atoms with Gasteiger partial charge in [0.2, 0.25) is 0 Å². The van der Waals surface area contributed by atoms with E-state index < -0.39 is 95.4 Å². The second kappa shape index (κ2) is 16.5. The van der Waals surface area contributed by atoms with E-state index in [1.807, 2.05) is 33.8 Å². The molecule has 0 spiro atoms. The summed E-state index contributed by atoms with van der Waals surface area (Å²) in [4.78, 5) is 44.6. The molecule has 5 rings (SSSR count). The Labute approximate surface area is 345 Å². The molecule has 3 aliphatic carbocycles. The van der Waals surface area contributed by atoms with Crippen LogP contribution < -0.4 is 0 Å². The highest BCUT2D eigenvalue weighted by Gasteiger charge is 2.78. The molecule has 1 unspecified atom stereocenters. The van der Waals surface area contributed by atoms with E-state index in [0.717, 1.165) is 41.8 Å². The van der Waals surface area contributed by atoms with E-state index in [1.165, 1.54) is 6.92 Å². The first-order chi connectivity index (χ1) is 26.5. The highest BCUT2D eigenvalue weighted by molar-refractivity contribution is 6.74. The maximum atomic E-state index is 16.6. The summed E-state index contributed by atoms with van der Waals surface area (Å²) in [5, 5.41) is 14.1. The quantitative estimate of drug-likeness (QED) is 0.104. The molecule has 13 heteroatoms. The van der Waals surface area contributed by atoms with Crippen LogP contribution in [-0.2, 0) is 37.1 Å². The lowest BCUT2D eigenvalue weighted by atomic mass is 9.44. The second-order valence-electron chi connectivity index (χ2n) is 19.1. The van der Waals surface area contributed by atoms with Gasteiger partial charge in [0.1, 0.15) is 23.9 Å². The lowest BCUT2D eigenvalue weighted by Gasteiger charge is -2.68. The van der Waals surface area contributed by atoms with Crippen molar-refractivity contribution in [3.63, 3.8) is 0 Å². The monoisotopic (exact) mass is 844 g/mol. The molecule has 1 aromatic rings. The van der Waals surface area contributed by atoms with Crippen LogP contribution in [0.4, 0.5) is 0 Å². The second-order valence-corrected chi connectivity index (χ2v) is 33.0. The molecular formula is C44H72O10Si3. The van der Waals surface area contributed by atoms with Gasteiger partial charge in [-0.1, -0.05) is 73.6 Å². The molecule has 320 valence electrons. The van der Waals surface area contributed by atoms with Crippen molar-refractivity contribution in [3.05, 3.63) is 47.0 Å². The van der Waals surface area contributed by atoms with E-state index in [0.29, 0.717) is 17.6 Å². The number of hydrogen-bond acceptors (Lipinski definition) is 10. The summed E-state index contributed by atoms with van der Waals surface area (Å²) >= 11 is 0. The molecule has 3 fully saturated rings. The highest BCUT2D eigenvalue weighted by atomic mass is 28.4. The molecule has 2 bridgehead atoms. The van der Waals surface area contributed by atoms with Gasteiger partial charge in [0.05, 0.1) is 35.7 Å². The van der Waals surface area contributed by atoms with E-state index in [-0.39, 0.29) is 18.8 Å². The summed E-state index contributed by atoms with van der Waals surface area (Å²) in [5.74, 6) is -2.45. The first-order valence-corrected chi connectivity index (χ1v) is 30.1. The molecule has 57 heavy (non-hydrogen) atoms. The normalized spacial score (nSPS) is 34.0. The Morgan fingerprint density at radius 1 is 0.860 bits per heavy atom. The van der Waals surface area contributed by atoms with Crippen molar-refractivity contribution >= 4 is 42.7 Å². The van der Waals surface area contributed by atoms with Gasteiger partial charge in [-0.3, -0.25) is 9.59 Å². The first-order valence-electron chi connectivity index (χ1n) is 21.6. The number of Topliss-reactive ketones (excluding diaryl/α,β-unsaturated/α-hetero) is 1. The lowest BCUT2D eigenvalue weighted by molar-refractivity contribution is -0.344. The minimum Gasteiger partial charge on any atom is -0.455 e. The van der Waals surface area contributed by atoms with Crippen molar-refractivity contribution in [2.24, 2.45) is 16.7 Å². The van der Waals surface area contributed by atoms with Gasteiger partial charge in [-0.05, 0) is 93.0 Å². The summed E-state index contributed by atoms with van der Waals surface area (Å²) in [6.45, 7) is 28.4. The fraction of sp³-hybridized carbons (Fsp3) is 0.750. The van der Waals surface area contributed by atoms with Crippen LogP contribution in [0.25, 0.3) is 0 Å². The number of ketones is 1. The third kappa shape index (κ3) is 7.67. The van der Waals surface area contributed by atoms with Crippen LogP contribution in [0.3, 0.4) is 0 Å². The molecule has 1 aromatic carbocycles. The van der Waals surface area contributed by atoms with E-state index in [2.05, 4.69) is 61.2 Å². The van der Waals surface area contributed by atoms with Crippen LogP contribution in [0.5, 0.6) is 0 Å². The number of benzene rings is 1. The van der Waals surface area contributed by atoms with E-state index in [1.54, 1.807) is 24.3 Å². The molecule has 0 aromatic heterocycles. The minimum absolute atomic E-state index is 0.0229. The minimum atomic E-state index is -2.55. The van der Waals surface area contributed by atoms with Crippen molar-refractivity contribution in [1.82, 2.24) is 0 Å². The Hall–Kier alpha value is -1.98. The molecule has 1 saturated heterocycles. The Kier molecular flexibility index (Phi) is 13.3. The maximum absolute atomic E-state index is 16.6. The number of carbonyl (C=O) groups is 3. The van der Waals surface area contributed by atoms with Crippen molar-refractivity contribution < 1.29 is 47.0 Å². The molecule has 2 saturated carbocycles. The number of rotatable bonds is 15. The van der Waals surface area contributed by atoms with Crippen LogP contribution in [0.1, 0.15) is 99.4 Å².